The van der Waals surface area contributed by atoms with Crippen molar-refractivity contribution in [3.8, 4) is 11.9 Å². The highest BCUT2D eigenvalue weighted by Gasteiger charge is 2.08. The molecule has 0 spiro atoms. The topological polar surface area (TPSA) is 87.0 Å². The molecular formula is C19H23ClN5O+. The fourth-order valence-corrected chi connectivity index (χ4v) is 2.55. The van der Waals surface area contributed by atoms with E-state index in [0.29, 0.717) is 29.8 Å². The number of hydrogen-bond acceptors (Lipinski definition) is 3. The van der Waals surface area contributed by atoms with Crippen molar-refractivity contribution in [1.29, 1.82) is 5.26 Å². The Labute approximate surface area is 158 Å². The van der Waals surface area contributed by atoms with E-state index in [1.165, 1.54) is 4.58 Å². The summed E-state index contributed by atoms with van der Waals surface area (Å²) in [4.78, 5) is 3.93. The van der Waals surface area contributed by atoms with Gasteiger partial charge in [-0.05, 0) is 48.8 Å². The van der Waals surface area contributed by atoms with Gasteiger partial charge in [-0.25, -0.2) is 0 Å². The Morgan fingerprint density at radius 2 is 1.88 bits per heavy atom. The SMILES string of the molecule is N#C[N+](=C(N)NCCCCCCOc1ccccc1Cl)c1ccncc1. The monoisotopic (exact) mass is 372 g/mol. The molecule has 0 aliphatic carbocycles. The normalized spacial score (nSPS) is 11.4. The molecular weight excluding hydrogens is 350 g/mol. The molecule has 2 aromatic rings. The second-order valence-corrected chi connectivity index (χ2v) is 6.05. The molecule has 0 radical (unpaired) electrons. The van der Waals surface area contributed by atoms with Gasteiger partial charge in [-0.2, -0.15) is 0 Å². The summed E-state index contributed by atoms with van der Waals surface area (Å²) < 4.78 is 7.00. The van der Waals surface area contributed by atoms with Gasteiger partial charge in [0.05, 0.1) is 18.2 Å². The second-order valence-electron chi connectivity index (χ2n) is 5.65. The molecule has 1 aromatic heterocycles. The minimum absolute atomic E-state index is 0.320. The van der Waals surface area contributed by atoms with Gasteiger partial charge in [-0.3, -0.25) is 10.3 Å². The van der Waals surface area contributed by atoms with Crippen LogP contribution in [0.15, 0.2) is 48.8 Å². The summed E-state index contributed by atoms with van der Waals surface area (Å²) in [5, 5.41) is 13.0. The minimum atomic E-state index is 0.320. The molecule has 0 aliphatic heterocycles. The van der Waals surface area contributed by atoms with Crippen LogP contribution in [-0.2, 0) is 0 Å². The van der Waals surface area contributed by atoms with Crippen molar-refractivity contribution >= 4 is 23.2 Å². The van der Waals surface area contributed by atoms with Gasteiger partial charge in [0.25, 0.3) is 0 Å². The van der Waals surface area contributed by atoms with Crippen molar-refractivity contribution in [3.63, 3.8) is 0 Å². The molecule has 3 N–H and O–H groups in total. The lowest BCUT2D eigenvalue weighted by atomic mass is 10.2. The number of benzene rings is 1. The zero-order chi connectivity index (χ0) is 18.6. The van der Waals surface area contributed by atoms with E-state index >= 15 is 0 Å². The highest BCUT2D eigenvalue weighted by molar-refractivity contribution is 6.32. The highest BCUT2D eigenvalue weighted by atomic mass is 35.5. The van der Waals surface area contributed by atoms with E-state index in [4.69, 9.17) is 22.1 Å². The maximum absolute atomic E-state index is 9.25. The number of pyridine rings is 1. The van der Waals surface area contributed by atoms with E-state index < -0.39 is 0 Å². The van der Waals surface area contributed by atoms with Crippen LogP contribution in [0.25, 0.3) is 0 Å². The number of hydrogen-bond donors (Lipinski definition) is 2. The summed E-state index contributed by atoms with van der Waals surface area (Å²) in [5.74, 6) is 1.05. The lowest BCUT2D eigenvalue weighted by molar-refractivity contribution is -0.344. The number of aromatic nitrogens is 1. The molecule has 26 heavy (non-hydrogen) atoms. The van der Waals surface area contributed by atoms with Crippen molar-refractivity contribution in [2.45, 2.75) is 25.7 Å². The number of nitrogens with two attached hydrogens (primary N) is 1. The van der Waals surface area contributed by atoms with Crippen LogP contribution in [0.2, 0.25) is 5.02 Å². The first kappa shape index (κ1) is 19.5. The highest BCUT2D eigenvalue weighted by Crippen LogP contribution is 2.23. The summed E-state index contributed by atoms with van der Waals surface area (Å²) in [6, 6.07) is 10.9. The van der Waals surface area contributed by atoms with Crippen LogP contribution in [0.4, 0.5) is 5.69 Å². The molecule has 0 saturated carbocycles. The zero-order valence-electron chi connectivity index (χ0n) is 14.6. The van der Waals surface area contributed by atoms with E-state index in [0.717, 1.165) is 31.4 Å². The predicted octanol–water partition coefficient (Wildman–Crippen LogP) is 3.40. The van der Waals surface area contributed by atoms with Crippen LogP contribution >= 0.6 is 11.6 Å². The number of unbranched alkanes of at least 4 members (excludes halogenated alkanes) is 3. The van der Waals surface area contributed by atoms with Gasteiger partial charge in [0.1, 0.15) is 11.4 Å². The Balaban J connectivity index is 1.62. The van der Waals surface area contributed by atoms with Gasteiger partial charge >= 0.3 is 12.2 Å². The number of guanidine groups is 1. The molecule has 0 atom stereocenters. The zero-order valence-corrected chi connectivity index (χ0v) is 15.3. The maximum Gasteiger partial charge on any atom is 0.331 e. The van der Waals surface area contributed by atoms with Crippen molar-refractivity contribution in [2.75, 3.05) is 13.2 Å². The molecule has 1 aromatic carbocycles. The van der Waals surface area contributed by atoms with E-state index in [1.807, 2.05) is 24.3 Å². The van der Waals surface area contributed by atoms with Crippen molar-refractivity contribution in [1.82, 2.24) is 10.3 Å². The number of nitrogens with one attached hydrogen (secondary N) is 1. The van der Waals surface area contributed by atoms with Gasteiger partial charge in [0.15, 0.2) is 0 Å². The molecule has 0 bridgehead atoms. The van der Waals surface area contributed by atoms with Gasteiger partial charge in [0.2, 0.25) is 0 Å². The lowest BCUT2D eigenvalue weighted by Gasteiger charge is -2.07. The summed E-state index contributed by atoms with van der Waals surface area (Å²) in [5.41, 5.74) is 6.64. The first-order valence-corrected chi connectivity index (χ1v) is 8.93. The molecule has 7 heteroatoms. The third kappa shape index (κ3) is 6.26. The van der Waals surface area contributed by atoms with E-state index in [2.05, 4.69) is 16.5 Å². The fourth-order valence-electron chi connectivity index (χ4n) is 2.36. The van der Waals surface area contributed by atoms with Gasteiger partial charge in [-0.15, -0.1) is 4.58 Å². The maximum atomic E-state index is 9.25. The van der Waals surface area contributed by atoms with Crippen LogP contribution < -0.4 is 15.8 Å². The molecule has 1 heterocycles. The second kappa shape index (κ2) is 11.0. The van der Waals surface area contributed by atoms with Crippen LogP contribution in [0, 0.1) is 11.5 Å². The first-order chi connectivity index (χ1) is 12.7. The van der Waals surface area contributed by atoms with E-state index in [1.54, 1.807) is 24.5 Å². The molecule has 0 aliphatic rings. The summed E-state index contributed by atoms with van der Waals surface area (Å²) in [7, 11) is 0. The summed E-state index contributed by atoms with van der Waals surface area (Å²) >= 11 is 6.04. The minimum Gasteiger partial charge on any atom is -0.492 e. The predicted molar refractivity (Wildman–Crippen MR) is 102 cm³/mol. The summed E-state index contributed by atoms with van der Waals surface area (Å²) in [6.07, 6.45) is 9.33. The van der Waals surface area contributed by atoms with Crippen LogP contribution in [0.3, 0.4) is 0 Å². The molecule has 0 amide bonds. The van der Waals surface area contributed by atoms with Crippen molar-refractivity contribution in [2.24, 2.45) is 5.73 Å². The number of nitriles is 1. The molecule has 0 unspecified atom stereocenters. The quantitative estimate of drug-likeness (QED) is 0.176. The average molecular weight is 373 g/mol. The first-order valence-electron chi connectivity index (χ1n) is 8.56. The number of rotatable bonds is 9. The average Bonchev–Trinajstić information content (AvgIpc) is 2.66. The van der Waals surface area contributed by atoms with Crippen molar-refractivity contribution < 1.29 is 9.31 Å². The van der Waals surface area contributed by atoms with E-state index in [-0.39, 0.29) is 0 Å². The third-order valence-corrected chi connectivity index (χ3v) is 4.05. The Kier molecular flexibility index (Phi) is 8.24. The largest absolute Gasteiger partial charge is 0.492 e. The van der Waals surface area contributed by atoms with Crippen LogP contribution in [0.1, 0.15) is 25.7 Å². The van der Waals surface area contributed by atoms with Crippen LogP contribution in [0.5, 0.6) is 5.75 Å². The number of para-hydroxylation sites is 1. The van der Waals surface area contributed by atoms with Crippen LogP contribution in [-0.4, -0.2) is 28.7 Å². The van der Waals surface area contributed by atoms with Gasteiger partial charge < -0.3 is 10.5 Å². The smallest absolute Gasteiger partial charge is 0.331 e. The molecule has 2 rings (SSSR count). The molecule has 136 valence electrons. The lowest BCUT2D eigenvalue weighted by Crippen LogP contribution is -2.38. The van der Waals surface area contributed by atoms with Gasteiger partial charge in [-0.1, -0.05) is 30.2 Å². The Morgan fingerprint density at radius 3 is 2.62 bits per heavy atom. The molecule has 0 saturated heterocycles. The third-order valence-electron chi connectivity index (χ3n) is 3.73. The standard InChI is InChI=1S/C19H22ClN5O/c20-17-7-3-4-8-18(17)26-14-6-2-1-5-11-24-19(22)25(15-21)16-9-12-23-13-10-16/h3-4,7-10,12-13H,1-2,5-6,11,14H2,(H2,22,24)/p+1. The number of nitrogens with zero attached hydrogens (tertiary/aromatic N) is 3. The molecule has 0 fully saturated rings. The number of ether oxygens (including phenoxy) is 1. The van der Waals surface area contributed by atoms with E-state index in [9.17, 15) is 5.26 Å². The van der Waals surface area contributed by atoms with Crippen molar-refractivity contribution in [3.05, 3.63) is 53.8 Å². The number of halogens is 1. The Hall–Kier alpha value is -2.78. The van der Waals surface area contributed by atoms with Gasteiger partial charge in [0, 0.05) is 12.4 Å². The molecule has 6 nitrogen and oxygen atoms in total. The summed E-state index contributed by atoms with van der Waals surface area (Å²) in [6.45, 7) is 1.36. The Morgan fingerprint density at radius 1 is 1.15 bits per heavy atom. The fraction of sp³-hybridized carbons (Fsp3) is 0.316. The Bertz CT molecular complexity index is 758.